The normalized spacial score (nSPS) is 13.2. The third-order valence-electron chi connectivity index (χ3n) is 4.21. The number of aromatic amines is 1. The van der Waals surface area contributed by atoms with Crippen LogP contribution in [0.1, 0.15) is 22.4 Å². The Morgan fingerprint density at radius 2 is 1.72 bits per heavy atom. The molecule has 1 atom stereocenters. The summed E-state index contributed by atoms with van der Waals surface area (Å²) >= 11 is -2.09. The molecular formula is C18H18NO4S2-. The van der Waals surface area contributed by atoms with E-state index < -0.39 is 20.9 Å². The van der Waals surface area contributed by atoms with Gasteiger partial charge in [0.05, 0.1) is 4.90 Å². The van der Waals surface area contributed by atoms with Crippen LogP contribution in [0.4, 0.5) is 0 Å². The van der Waals surface area contributed by atoms with Gasteiger partial charge in [0.2, 0.25) is 0 Å². The van der Waals surface area contributed by atoms with Crippen molar-refractivity contribution in [2.45, 2.75) is 24.0 Å². The smallest absolute Gasteiger partial charge is 0.175 e. The van der Waals surface area contributed by atoms with Crippen molar-refractivity contribution in [1.29, 1.82) is 0 Å². The van der Waals surface area contributed by atoms with E-state index in [1.54, 1.807) is 12.1 Å². The molecule has 0 aliphatic carbocycles. The minimum Gasteiger partial charge on any atom is -0.772 e. The fraction of sp³-hybridized carbons (Fsp3) is 0.222. The molecule has 0 saturated carbocycles. The number of aromatic nitrogens is 1. The number of H-pyrrole nitrogens is 1. The molecule has 0 spiro atoms. The average molecular weight is 376 g/mol. The van der Waals surface area contributed by atoms with Crippen LogP contribution in [-0.2, 0) is 33.1 Å². The van der Waals surface area contributed by atoms with Crippen LogP contribution in [0.15, 0.2) is 47.4 Å². The van der Waals surface area contributed by atoms with Crippen molar-refractivity contribution in [3.05, 3.63) is 64.8 Å². The minimum absolute atomic E-state index is 0.0145. The largest absolute Gasteiger partial charge is 0.772 e. The molecule has 7 heteroatoms. The van der Waals surface area contributed by atoms with Gasteiger partial charge in [0.15, 0.2) is 9.84 Å². The van der Waals surface area contributed by atoms with E-state index in [1.165, 1.54) is 6.26 Å². The first-order valence-corrected chi connectivity index (χ1v) is 10.8. The molecule has 1 N–H and O–H groups in total. The summed E-state index contributed by atoms with van der Waals surface area (Å²) in [4.78, 5) is 3.55. The van der Waals surface area contributed by atoms with Crippen LogP contribution in [0, 0.1) is 6.92 Å². The molecule has 5 nitrogen and oxygen atoms in total. The maximum absolute atomic E-state index is 11.7. The molecule has 132 valence electrons. The third kappa shape index (κ3) is 4.00. The van der Waals surface area contributed by atoms with Gasteiger partial charge in [0.1, 0.15) is 0 Å². The summed E-state index contributed by atoms with van der Waals surface area (Å²) in [6.45, 7) is 1.96. The molecule has 0 bridgehead atoms. The van der Waals surface area contributed by atoms with Gasteiger partial charge in [0, 0.05) is 28.6 Å². The zero-order valence-electron chi connectivity index (χ0n) is 13.9. The Morgan fingerprint density at radius 3 is 2.32 bits per heavy atom. The second kappa shape index (κ2) is 6.74. The molecule has 0 saturated heterocycles. The Hall–Kier alpha value is -1.96. The summed E-state index contributed by atoms with van der Waals surface area (Å²) in [5.74, 6) is 0.0145. The van der Waals surface area contributed by atoms with Crippen molar-refractivity contribution in [3.63, 3.8) is 0 Å². The van der Waals surface area contributed by atoms with Crippen LogP contribution >= 0.6 is 0 Å². The van der Waals surface area contributed by atoms with Gasteiger partial charge in [-0.2, -0.15) is 0 Å². The van der Waals surface area contributed by atoms with Crippen LogP contribution < -0.4 is 0 Å². The lowest BCUT2D eigenvalue weighted by atomic mass is 10.0. The topological polar surface area (TPSA) is 90.1 Å². The third-order valence-corrected chi connectivity index (χ3v) is 5.89. The molecule has 1 unspecified atom stereocenters. The molecule has 0 amide bonds. The summed E-state index contributed by atoms with van der Waals surface area (Å²) in [7, 11) is -3.24. The highest BCUT2D eigenvalue weighted by atomic mass is 32.2. The molecule has 0 radical (unpaired) electrons. The molecular weight excluding hydrogens is 358 g/mol. The first-order chi connectivity index (χ1) is 11.7. The summed E-state index contributed by atoms with van der Waals surface area (Å²) < 4.78 is 44.9. The Kier molecular flexibility index (Phi) is 4.81. The summed E-state index contributed by atoms with van der Waals surface area (Å²) in [5.41, 5.74) is 4.72. The second-order valence-electron chi connectivity index (χ2n) is 6.15. The molecule has 1 heterocycles. The number of sulfone groups is 1. The molecule has 3 rings (SSSR count). The predicted molar refractivity (Wildman–Crippen MR) is 98.0 cm³/mol. The lowest BCUT2D eigenvalue weighted by molar-refractivity contribution is 0.536. The number of hydrogen-bond acceptors (Lipinski definition) is 4. The Bertz CT molecular complexity index is 1050. The van der Waals surface area contributed by atoms with Crippen LogP contribution in [0.25, 0.3) is 10.9 Å². The molecule has 25 heavy (non-hydrogen) atoms. The molecule has 0 aliphatic heterocycles. The SMILES string of the molecule is Cc1[nH]c2cc(S(C)(=O)=O)ccc2c1Cc1ccc(CS(=O)[O-])cc1. The number of fused-ring (bicyclic) bond motifs is 1. The number of aryl methyl sites for hydroxylation is 1. The Labute approximate surface area is 149 Å². The summed E-state index contributed by atoms with van der Waals surface area (Å²) in [6.07, 6.45) is 1.88. The number of rotatable bonds is 5. The van der Waals surface area contributed by atoms with Crippen molar-refractivity contribution in [2.24, 2.45) is 0 Å². The molecule has 1 aromatic heterocycles. The Balaban J connectivity index is 1.93. The van der Waals surface area contributed by atoms with Crippen LogP contribution in [-0.4, -0.2) is 28.4 Å². The number of hydrogen-bond donors (Lipinski definition) is 1. The van der Waals surface area contributed by atoms with E-state index in [2.05, 4.69) is 4.98 Å². The molecule has 3 aromatic rings. The zero-order valence-corrected chi connectivity index (χ0v) is 15.5. The minimum atomic E-state index is -3.24. The van der Waals surface area contributed by atoms with E-state index in [0.717, 1.165) is 33.3 Å². The van der Waals surface area contributed by atoms with Gasteiger partial charge in [0.25, 0.3) is 0 Å². The van der Waals surface area contributed by atoms with Crippen molar-refractivity contribution >= 4 is 31.8 Å². The highest BCUT2D eigenvalue weighted by molar-refractivity contribution is 7.90. The predicted octanol–water partition coefficient (Wildman–Crippen LogP) is 2.85. The first-order valence-electron chi connectivity index (χ1n) is 7.69. The highest BCUT2D eigenvalue weighted by Gasteiger charge is 2.13. The lowest BCUT2D eigenvalue weighted by Crippen LogP contribution is -1.96. The summed E-state index contributed by atoms with van der Waals surface area (Å²) in [5, 5.41) is 0.995. The Morgan fingerprint density at radius 1 is 1.08 bits per heavy atom. The van der Waals surface area contributed by atoms with Crippen LogP contribution in [0.2, 0.25) is 0 Å². The van der Waals surface area contributed by atoms with Crippen molar-refractivity contribution < 1.29 is 17.2 Å². The van der Waals surface area contributed by atoms with Gasteiger partial charge in [-0.3, -0.25) is 4.21 Å². The molecule has 0 aliphatic rings. The monoisotopic (exact) mass is 376 g/mol. The molecule has 0 fully saturated rings. The van der Waals surface area contributed by atoms with Gasteiger partial charge < -0.3 is 9.54 Å². The van der Waals surface area contributed by atoms with Gasteiger partial charge in [-0.05, 0) is 42.2 Å². The average Bonchev–Trinajstić information content (AvgIpc) is 2.83. The van der Waals surface area contributed by atoms with Gasteiger partial charge in [-0.15, -0.1) is 0 Å². The zero-order chi connectivity index (χ0) is 18.2. The van der Waals surface area contributed by atoms with E-state index >= 15 is 0 Å². The quantitative estimate of drug-likeness (QED) is 0.693. The standard InChI is InChI=1S/C18H19NO4S2/c1-12-17(9-13-3-5-14(6-4-13)11-24(20)21)16-8-7-15(25(2,22)23)10-18(16)19-12/h3-8,10,19H,9,11H2,1-2H3,(H,20,21)/p-1. The fourth-order valence-corrected chi connectivity index (χ4v) is 4.03. The van der Waals surface area contributed by atoms with E-state index in [1.807, 2.05) is 37.3 Å². The van der Waals surface area contributed by atoms with E-state index in [4.69, 9.17) is 0 Å². The van der Waals surface area contributed by atoms with Gasteiger partial charge >= 0.3 is 0 Å². The molecule has 2 aromatic carbocycles. The fourth-order valence-electron chi connectivity index (χ4n) is 2.92. The number of nitrogens with one attached hydrogen (secondary N) is 1. The van der Waals surface area contributed by atoms with Gasteiger partial charge in [-0.25, -0.2) is 8.42 Å². The van der Waals surface area contributed by atoms with E-state index in [9.17, 15) is 17.2 Å². The van der Waals surface area contributed by atoms with Crippen molar-refractivity contribution in [3.8, 4) is 0 Å². The van der Waals surface area contributed by atoms with Crippen molar-refractivity contribution in [2.75, 3.05) is 6.26 Å². The maximum Gasteiger partial charge on any atom is 0.175 e. The first kappa shape index (κ1) is 17.8. The van der Waals surface area contributed by atoms with E-state index in [-0.39, 0.29) is 5.75 Å². The lowest BCUT2D eigenvalue weighted by Gasteiger charge is -2.07. The van der Waals surface area contributed by atoms with Crippen molar-refractivity contribution in [1.82, 2.24) is 4.98 Å². The van der Waals surface area contributed by atoms with Crippen LogP contribution in [0.3, 0.4) is 0 Å². The van der Waals surface area contributed by atoms with E-state index in [0.29, 0.717) is 11.3 Å². The highest BCUT2D eigenvalue weighted by Crippen LogP contribution is 2.27. The summed E-state index contributed by atoms with van der Waals surface area (Å²) in [6, 6.07) is 12.6. The van der Waals surface area contributed by atoms with Crippen LogP contribution in [0.5, 0.6) is 0 Å². The second-order valence-corrected chi connectivity index (χ2v) is 9.06. The number of benzene rings is 2. The maximum atomic E-state index is 11.7. The van der Waals surface area contributed by atoms with Gasteiger partial charge in [-0.1, -0.05) is 41.4 Å².